The molecule has 1 aliphatic heterocycles. The minimum atomic E-state index is 0.100. The summed E-state index contributed by atoms with van der Waals surface area (Å²) in [4.78, 5) is 13.9. The Bertz CT molecular complexity index is 544. The first kappa shape index (κ1) is 12.4. The van der Waals surface area contributed by atoms with Gasteiger partial charge in [-0.1, -0.05) is 0 Å². The molecule has 0 N–H and O–H groups in total. The number of hydrogen-bond acceptors (Lipinski definition) is 4. The number of carbonyl (C=O) groups excluding carboxylic acids is 1. The maximum absolute atomic E-state index is 12.1. The molecular formula is C13H15N3O2S. The van der Waals surface area contributed by atoms with E-state index in [9.17, 15) is 4.79 Å². The lowest BCUT2D eigenvalue weighted by atomic mass is 10.2. The van der Waals surface area contributed by atoms with E-state index in [2.05, 4.69) is 10.5 Å². The number of ether oxygens (including phenoxy) is 1. The van der Waals surface area contributed by atoms with Gasteiger partial charge >= 0.3 is 0 Å². The van der Waals surface area contributed by atoms with E-state index in [0.717, 1.165) is 11.3 Å². The van der Waals surface area contributed by atoms with Crippen molar-refractivity contribution in [3.63, 3.8) is 0 Å². The number of aromatic nitrogens is 2. The van der Waals surface area contributed by atoms with Crippen molar-refractivity contribution < 1.29 is 9.53 Å². The molecule has 1 fully saturated rings. The predicted molar refractivity (Wildman–Crippen MR) is 72.9 cm³/mol. The summed E-state index contributed by atoms with van der Waals surface area (Å²) >= 11 is 1.64. The summed E-state index contributed by atoms with van der Waals surface area (Å²) in [6, 6.07) is 3.97. The van der Waals surface area contributed by atoms with Gasteiger partial charge in [0.05, 0.1) is 18.9 Å². The lowest BCUT2D eigenvalue weighted by Gasteiger charge is -2.26. The second kappa shape index (κ2) is 5.54. The Hall–Kier alpha value is -1.66. The van der Waals surface area contributed by atoms with Gasteiger partial charge in [-0.15, -0.1) is 0 Å². The summed E-state index contributed by atoms with van der Waals surface area (Å²) in [5.41, 5.74) is 2.01. The number of amides is 1. The normalized spacial score (nSPS) is 15.7. The highest BCUT2D eigenvalue weighted by Crippen LogP contribution is 2.19. The van der Waals surface area contributed by atoms with Crippen molar-refractivity contribution in [3.05, 3.63) is 29.1 Å². The van der Waals surface area contributed by atoms with Crippen molar-refractivity contribution in [2.75, 3.05) is 26.3 Å². The summed E-state index contributed by atoms with van der Waals surface area (Å²) < 4.78 is 6.94. The van der Waals surface area contributed by atoms with Crippen LogP contribution in [0.5, 0.6) is 0 Å². The summed E-state index contributed by atoms with van der Waals surface area (Å²) in [5, 5.41) is 8.51. The molecule has 0 atom stereocenters. The van der Waals surface area contributed by atoms with Crippen LogP contribution in [0.1, 0.15) is 0 Å². The summed E-state index contributed by atoms with van der Waals surface area (Å²) in [5.74, 6) is 0.100. The molecular weight excluding hydrogens is 262 g/mol. The zero-order chi connectivity index (χ0) is 13.1. The monoisotopic (exact) mass is 277 g/mol. The van der Waals surface area contributed by atoms with Crippen LogP contribution in [0, 0.1) is 0 Å². The molecule has 0 saturated carbocycles. The number of hydrogen-bond donors (Lipinski definition) is 0. The predicted octanol–water partition coefficient (Wildman–Crippen LogP) is 1.47. The van der Waals surface area contributed by atoms with Crippen LogP contribution in [-0.2, 0) is 16.1 Å². The molecule has 3 rings (SSSR count). The average Bonchev–Trinajstić information content (AvgIpc) is 3.10. The molecule has 100 valence electrons. The Balaban J connectivity index is 1.65. The van der Waals surface area contributed by atoms with E-state index in [1.165, 1.54) is 0 Å². The Morgan fingerprint density at radius 1 is 1.37 bits per heavy atom. The smallest absolute Gasteiger partial charge is 0.244 e. The second-order valence-electron chi connectivity index (χ2n) is 4.40. The Morgan fingerprint density at radius 2 is 2.21 bits per heavy atom. The molecule has 1 saturated heterocycles. The summed E-state index contributed by atoms with van der Waals surface area (Å²) in [6.07, 6.45) is 1.85. The van der Waals surface area contributed by atoms with Crippen molar-refractivity contribution in [1.82, 2.24) is 14.7 Å². The van der Waals surface area contributed by atoms with Crippen molar-refractivity contribution in [2.24, 2.45) is 0 Å². The molecule has 0 bridgehead atoms. The van der Waals surface area contributed by atoms with Crippen molar-refractivity contribution in [1.29, 1.82) is 0 Å². The van der Waals surface area contributed by atoms with Gasteiger partial charge in [-0.25, -0.2) is 0 Å². The summed E-state index contributed by atoms with van der Waals surface area (Å²) in [7, 11) is 0. The first-order chi connectivity index (χ1) is 9.33. The fourth-order valence-corrected chi connectivity index (χ4v) is 2.71. The third kappa shape index (κ3) is 2.85. The SMILES string of the molecule is O=C(Cn1ccc(-c2ccsc2)n1)N1CCOCC1. The van der Waals surface area contributed by atoms with E-state index in [1.807, 2.05) is 28.6 Å². The van der Waals surface area contributed by atoms with Crippen LogP contribution in [-0.4, -0.2) is 46.9 Å². The van der Waals surface area contributed by atoms with E-state index in [4.69, 9.17) is 4.74 Å². The molecule has 0 radical (unpaired) electrons. The highest BCUT2D eigenvalue weighted by atomic mass is 32.1. The van der Waals surface area contributed by atoms with E-state index in [0.29, 0.717) is 32.8 Å². The second-order valence-corrected chi connectivity index (χ2v) is 5.18. The van der Waals surface area contributed by atoms with Gasteiger partial charge in [-0.2, -0.15) is 16.4 Å². The fourth-order valence-electron chi connectivity index (χ4n) is 2.07. The zero-order valence-electron chi connectivity index (χ0n) is 10.5. The van der Waals surface area contributed by atoms with Crippen molar-refractivity contribution in [2.45, 2.75) is 6.54 Å². The molecule has 1 amide bonds. The third-order valence-electron chi connectivity index (χ3n) is 3.12. The van der Waals surface area contributed by atoms with Crippen molar-refractivity contribution in [3.8, 4) is 11.3 Å². The van der Waals surface area contributed by atoms with Gasteiger partial charge < -0.3 is 9.64 Å². The lowest BCUT2D eigenvalue weighted by molar-refractivity contribution is -0.136. The number of morpholine rings is 1. The Kier molecular flexibility index (Phi) is 3.61. The van der Waals surface area contributed by atoms with Crippen LogP contribution in [0.4, 0.5) is 0 Å². The zero-order valence-corrected chi connectivity index (χ0v) is 11.3. The topological polar surface area (TPSA) is 47.4 Å². The molecule has 19 heavy (non-hydrogen) atoms. The molecule has 6 heteroatoms. The van der Waals surface area contributed by atoms with Gasteiger partial charge in [0.15, 0.2) is 0 Å². The van der Waals surface area contributed by atoms with E-state index >= 15 is 0 Å². The number of rotatable bonds is 3. The average molecular weight is 277 g/mol. The third-order valence-corrected chi connectivity index (χ3v) is 3.80. The maximum atomic E-state index is 12.1. The number of carbonyl (C=O) groups is 1. The van der Waals surface area contributed by atoms with Crippen LogP contribution in [0.2, 0.25) is 0 Å². The maximum Gasteiger partial charge on any atom is 0.244 e. The lowest BCUT2D eigenvalue weighted by Crippen LogP contribution is -2.42. The van der Waals surface area contributed by atoms with E-state index in [-0.39, 0.29) is 5.91 Å². The van der Waals surface area contributed by atoms with Gasteiger partial charge in [0, 0.05) is 30.2 Å². The Labute approximate surface area is 115 Å². The van der Waals surface area contributed by atoms with Gasteiger partial charge in [0.2, 0.25) is 5.91 Å². The Morgan fingerprint density at radius 3 is 2.95 bits per heavy atom. The largest absolute Gasteiger partial charge is 0.378 e. The quantitative estimate of drug-likeness (QED) is 0.853. The molecule has 0 aromatic carbocycles. The fraction of sp³-hybridized carbons (Fsp3) is 0.385. The van der Waals surface area contributed by atoms with Gasteiger partial charge in [0.1, 0.15) is 6.54 Å². The number of nitrogens with zero attached hydrogens (tertiary/aromatic N) is 3. The highest BCUT2D eigenvalue weighted by Gasteiger charge is 2.17. The number of thiophene rings is 1. The first-order valence-corrected chi connectivity index (χ1v) is 7.19. The van der Waals surface area contributed by atoms with Crippen LogP contribution < -0.4 is 0 Å². The van der Waals surface area contributed by atoms with Crippen LogP contribution in [0.15, 0.2) is 29.1 Å². The van der Waals surface area contributed by atoms with E-state index < -0.39 is 0 Å². The van der Waals surface area contributed by atoms with E-state index in [1.54, 1.807) is 16.0 Å². The van der Waals surface area contributed by atoms with Gasteiger partial charge in [0.25, 0.3) is 0 Å². The van der Waals surface area contributed by atoms with Gasteiger partial charge in [-0.3, -0.25) is 9.48 Å². The molecule has 2 aromatic rings. The molecule has 1 aliphatic rings. The summed E-state index contributed by atoms with van der Waals surface area (Å²) in [6.45, 7) is 2.91. The highest BCUT2D eigenvalue weighted by molar-refractivity contribution is 7.08. The molecule has 3 heterocycles. The molecule has 0 aliphatic carbocycles. The molecule has 5 nitrogen and oxygen atoms in total. The standard InChI is InChI=1S/C13H15N3O2S/c17-13(15-4-6-18-7-5-15)9-16-3-1-12(14-16)11-2-8-19-10-11/h1-3,8,10H,4-7,9H2. The first-order valence-electron chi connectivity index (χ1n) is 6.24. The molecule has 0 unspecified atom stereocenters. The van der Waals surface area contributed by atoms with Crippen LogP contribution >= 0.6 is 11.3 Å². The van der Waals surface area contributed by atoms with Crippen LogP contribution in [0.3, 0.4) is 0 Å². The molecule has 2 aromatic heterocycles. The van der Waals surface area contributed by atoms with Gasteiger partial charge in [-0.05, 0) is 17.5 Å². The van der Waals surface area contributed by atoms with Crippen LogP contribution in [0.25, 0.3) is 11.3 Å². The van der Waals surface area contributed by atoms with Crippen molar-refractivity contribution >= 4 is 17.2 Å². The minimum absolute atomic E-state index is 0.100. The molecule has 0 spiro atoms. The minimum Gasteiger partial charge on any atom is -0.378 e.